The standard InChI is InChI=1S/C16H23F3N4S/c1-20-15(21-5-4-12-7-10-2-3-11(12)6-10)22-8-14-23-13(9-24-14)16(17,18)19/h9-12H,2-8H2,1H3,(H2,20,21,22). The summed E-state index contributed by atoms with van der Waals surface area (Å²) in [7, 11) is 1.66. The lowest BCUT2D eigenvalue weighted by molar-refractivity contribution is -0.140. The predicted molar refractivity (Wildman–Crippen MR) is 88.9 cm³/mol. The second-order valence-corrected chi connectivity index (χ2v) is 7.64. The number of aliphatic imine (C=N–C) groups is 1. The molecular weight excluding hydrogens is 337 g/mol. The molecule has 2 aliphatic carbocycles. The maximum atomic E-state index is 12.5. The van der Waals surface area contributed by atoms with E-state index in [1.54, 1.807) is 7.05 Å². The lowest BCUT2D eigenvalue weighted by Crippen LogP contribution is -2.38. The third kappa shape index (κ3) is 4.20. The molecule has 2 saturated carbocycles. The lowest BCUT2D eigenvalue weighted by atomic mass is 9.86. The van der Waals surface area contributed by atoms with Gasteiger partial charge >= 0.3 is 6.18 Å². The Morgan fingerprint density at radius 3 is 2.75 bits per heavy atom. The molecule has 0 aromatic carbocycles. The van der Waals surface area contributed by atoms with Gasteiger partial charge in [0.15, 0.2) is 11.7 Å². The maximum absolute atomic E-state index is 12.5. The Balaban J connectivity index is 1.40. The van der Waals surface area contributed by atoms with Gasteiger partial charge in [0.05, 0.1) is 6.54 Å². The Kier molecular flexibility index (Phi) is 5.32. The van der Waals surface area contributed by atoms with Gasteiger partial charge in [-0.3, -0.25) is 4.99 Å². The molecule has 2 fully saturated rings. The molecule has 134 valence electrons. The van der Waals surface area contributed by atoms with Gasteiger partial charge in [0.1, 0.15) is 5.01 Å². The highest BCUT2D eigenvalue weighted by molar-refractivity contribution is 7.09. The van der Waals surface area contributed by atoms with Gasteiger partial charge in [0.25, 0.3) is 0 Å². The minimum absolute atomic E-state index is 0.245. The summed E-state index contributed by atoms with van der Waals surface area (Å²) in [5.74, 6) is 3.29. The van der Waals surface area contributed by atoms with Gasteiger partial charge in [0, 0.05) is 19.0 Å². The van der Waals surface area contributed by atoms with E-state index in [4.69, 9.17) is 0 Å². The van der Waals surface area contributed by atoms with Crippen LogP contribution in [0.3, 0.4) is 0 Å². The smallest absolute Gasteiger partial charge is 0.356 e. The van der Waals surface area contributed by atoms with Crippen molar-refractivity contribution in [1.82, 2.24) is 15.6 Å². The molecule has 2 aliphatic rings. The van der Waals surface area contributed by atoms with E-state index in [2.05, 4.69) is 20.6 Å². The highest BCUT2D eigenvalue weighted by atomic mass is 32.1. The number of rotatable bonds is 5. The highest BCUT2D eigenvalue weighted by Gasteiger charge is 2.38. The topological polar surface area (TPSA) is 49.3 Å². The van der Waals surface area contributed by atoms with Crippen LogP contribution in [0.5, 0.6) is 0 Å². The summed E-state index contributed by atoms with van der Waals surface area (Å²) in [4.78, 5) is 7.72. The summed E-state index contributed by atoms with van der Waals surface area (Å²) in [6.07, 6.45) is 2.31. The van der Waals surface area contributed by atoms with Crippen molar-refractivity contribution in [3.8, 4) is 0 Å². The van der Waals surface area contributed by atoms with E-state index in [1.807, 2.05) is 0 Å². The molecule has 1 heterocycles. The molecule has 24 heavy (non-hydrogen) atoms. The van der Waals surface area contributed by atoms with E-state index >= 15 is 0 Å². The van der Waals surface area contributed by atoms with Crippen molar-refractivity contribution in [1.29, 1.82) is 0 Å². The molecule has 0 aliphatic heterocycles. The Hall–Kier alpha value is -1.31. The molecule has 4 nitrogen and oxygen atoms in total. The van der Waals surface area contributed by atoms with Gasteiger partial charge in [-0.15, -0.1) is 11.3 Å². The number of halogens is 3. The molecule has 2 bridgehead atoms. The molecule has 0 radical (unpaired) electrons. The molecule has 1 aromatic rings. The van der Waals surface area contributed by atoms with Crippen LogP contribution in [0.15, 0.2) is 10.4 Å². The van der Waals surface area contributed by atoms with E-state index < -0.39 is 11.9 Å². The zero-order chi connectivity index (χ0) is 17.2. The summed E-state index contributed by atoms with van der Waals surface area (Å²) in [5.41, 5.74) is -0.830. The van der Waals surface area contributed by atoms with Crippen molar-refractivity contribution in [2.24, 2.45) is 22.7 Å². The summed E-state index contributed by atoms with van der Waals surface area (Å²) in [5, 5.41) is 7.73. The first-order valence-corrected chi connectivity index (χ1v) is 9.29. The van der Waals surface area contributed by atoms with E-state index in [1.165, 1.54) is 25.7 Å². The summed E-state index contributed by atoms with van der Waals surface area (Å²) in [6.45, 7) is 1.09. The van der Waals surface area contributed by atoms with E-state index in [-0.39, 0.29) is 6.54 Å². The molecule has 0 saturated heterocycles. The monoisotopic (exact) mass is 360 g/mol. The van der Waals surface area contributed by atoms with Crippen LogP contribution in [0.1, 0.15) is 42.8 Å². The molecule has 3 atom stereocenters. The average Bonchev–Trinajstić information content (AvgIpc) is 3.25. The second kappa shape index (κ2) is 7.29. The average molecular weight is 360 g/mol. The summed E-state index contributed by atoms with van der Waals surface area (Å²) < 4.78 is 37.6. The first kappa shape index (κ1) is 17.5. The normalized spacial score (nSPS) is 26.8. The fourth-order valence-corrected chi connectivity index (χ4v) is 4.75. The van der Waals surface area contributed by atoms with E-state index in [0.717, 1.165) is 47.4 Å². The molecule has 3 rings (SSSR count). The number of nitrogens with one attached hydrogen (secondary N) is 2. The van der Waals surface area contributed by atoms with Crippen LogP contribution in [0.25, 0.3) is 0 Å². The van der Waals surface area contributed by atoms with Crippen LogP contribution >= 0.6 is 11.3 Å². The third-order valence-electron chi connectivity index (χ3n) is 5.16. The zero-order valence-corrected chi connectivity index (χ0v) is 14.5. The number of alkyl halides is 3. The third-order valence-corrected chi connectivity index (χ3v) is 6.01. The Morgan fingerprint density at radius 2 is 2.17 bits per heavy atom. The van der Waals surface area contributed by atoms with Crippen molar-refractivity contribution < 1.29 is 13.2 Å². The fraction of sp³-hybridized carbons (Fsp3) is 0.750. The Bertz CT molecular complexity index is 584. The molecule has 0 amide bonds. The van der Waals surface area contributed by atoms with Crippen LogP contribution in [0.4, 0.5) is 13.2 Å². The van der Waals surface area contributed by atoms with Crippen molar-refractivity contribution in [3.05, 3.63) is 16.1 Å². The number of thiazole rings is 1. The van der Waals surface area contributed by atoms with Crippen molar-refractivity contribution in [2.75, 3.05) is 13.6 Å². The number of guanidine groups is 1. The number of hydrogen-bond donors (Lipinski definition) is 2. The molecular formula is C16H23F3N4S. The molecule has 8 heteroatoms. The number of fused-ring (bicyclic) bond motifs is 2. The van der Waals surface area contributed by atoms with Gasteiger partial charge < -0.3 is 10.6 Å². The van der Waals surface area contributed by atoms with Crippen LogP contribution in [0.2, 0.25) is 0 Å². The largest absolute Gasteiger partial charge is 0.434 e. The fourth-order valence-electron chi connectivity index (χ4n) is 4.01. The van der Waals surface area contributed by atoms with Gasteiger partial charge in [-0.05, 0) is 43.4 Å². The first-order valence-electron chi connectivity index (χ1n) is 8.42. The number of aromatic nitrogens is 1. The van der Waals surface area contributed by atoms with E-state index in [9.17, 15) is 13.2 Å². The lowest BCUT2D eigenvalue weighted by Gasteiger charge is -2.22. The minimum Gasteiger partial charge on any atom is -0.356 e. The first-order chi connectivity index (χ1) is 11.5. The quantitative estimate of drug-likeness (QED) is 0.622. The van der Waals surface area contributed by atoms with Crippen molar-refractivity contribution in [2.45, 2.75) is 44.8 Å². The number of nitrogens with zero attached hydrogens (tertiary/aromatic N) is 2. The van der Waals surface area contributed by atoms with E-state index in [0.29, 0.717) is 11.0 Å². The Morgan fingerprint density at radius 1 is 1.33 bits per heavy atom. The molecule has 3 unspecified atom stereocenters. The SMILES string of the molecule is CN=C(NCCC1CC2CCC1C2)NCc1nc(C(F)(F)F)cs1. The Labute approximate surface area is 144 Å². The van der Waals surface area contributed by atoms with Crippen LogP contribution < -0.4 is 10.6 Å². The molecule has 0 spiro atoms. The van der Waals surface area contributed by atoms with Gasteiger partial charge in [0.2, 0.25) is 0 Å². The summed E-state index contributed by atoms with van der Waals surface area (Å²) >= 11 is 1.00. The van der Waals surface area contributed by atoms with Gasteiger partial charge in [-0.25, -0.2) is 4.98 Å². The van der Waals surface area contributed by atoms with Gasteiger partial charge in [-0.2, -0.15) is 13.2 Å². The molecule has 1 aromatic heterocycles. The molecule has 2 N–H and O–H groups in total. The number of hydrogen-bond acceptors (Lipinski definition) is 3. The van der Waals surface area contributed by atoms with Crippen LogP contribution in [-0.4, -0.2) is 24.5 Å². The summed E-state index contributed by atoms with van der Waals surface area (Å²) in [6, 6.07) is 0. The van der Waals surface area contributed by atoms with Crippen molar-refractivity contribution >= 4 is 17.3 Å². The van der Waals surface area contributed by atoms with Gasteiger partial charge in [-0.1, -0.05) is 6.42 Å². The highest BCUT2D eigenvalue weighted by Crippen LogP contribution is 2.49. The predicted octanol–water partition coefficient (Wildman–Crippen LogP) is 3.65. The minimum atomic E-state index is -4.38. The zero-order valence-electron chi connectivity index (χ0n) is 13.7. The van der Waals surface area contributed by atoms with Crippen LogP contribution in [0, 0.1) is 17.8 Å². The second-order valence-electron chi connectivity index (χ2n) is 6.70. The van der Waals surface area contributed by atoms with Crippen molar-refractivity contribution in [3.63, 3.8) is 0 Å². The van der Waals surface area contributed by atoms with Crippen LogP contribution in [-0.2, 0) is 12.7 Å². The maximum Gasteiger partial charge on any atom is 0.434 e.